The molecule has 0 bridgehead atoms. The molecule has 0 aliphatic rings. The first-order chi connectivity index (χ1) is 22.1. The summed E-state index contributed by atoms with van der Waals surface area (Å²) in [6.45, 7) is 26.1. The van der Waals surface area contributed by atoms with Crippen molar-refractivity contribution in [2.24, 2.45) is 0 Å². The maximum Gasteiger partial charge on any atom is 0.0152 e. The third-order valence-electron chi connectivity index (χ3n) is 11.0. The molecule has 5 aromatic rings. The second-order valence-electron chi connectivity index (χ2n) is 16.3. The lowest BCUT2D eigenvalue weighted by Crippen LogP contribution is -2.22. The van der Waals surface area contributed by atoms with Crippen LogP contribution in [0.5, 0.6) is 0 Å². The summed E-state index contributed by atoms with van der Waals surface area (Å²) in [7, 11) is 0. The van der Waals surface area contributed by atoms with Gasteiger partial charge in [-0.25, -0.2) is 0 Å². The van der Waals surface area contributed by atoms with Gasteiger partial charge in [-0.3, -0.25) is 0 Å². The van der Waals surface area contributed by atoms with Crippen LogP contribution in [0.2, 0.25) is 0 Å². The lowest BCUT2D eigenvalue weighted by atomic mass is 9.69. The van der Waals surface area contributed by atoms with Gasteiger partial charge in [0, 0.05) is 5.41 Å². The zero-order valence-corrected chi connectivity index (χ0v) is 30.9. The van der Waals surface area contributed by atoms with E-state index in [1.54, 1.807) is 0 Å². The van der Waals surface area contributed by atoms with Crippen LogP contribution in [0.4, 0.5) is 0 Å². The monoisotopic (exact) mass is 620 g/mol. The zero-order valence-electron chi connectivity index (χ0n) is 30.9. The first-order valence-electron chi connectivity index (χ1n) is 17.7. The van der Waals surface area contributed by atoms with E-state index in [4.69, 9.17) is 0 Å². The van der Waals surface area contributed by atoms with Gasteiger partial charge in [0.05, 0.1) is 0 Å². The Labute approximate surface area is 286 Å². The minimum absolute atomic E-state index is 0.00148. The molecular formula is C47H56. The van der Waals surface area contributed by atoms with Crippen LogP contribution in [0.25, 0.3) is 33.4 Å². The highest BCUT2D eigenvalue weighted by Crippen LogP contribution is 2.50. The first-order valence-corrected chi connectivity index (χ1v) is 17.7. The Hall–Kier alpha value is -3.90. The molecule has 0 N–H and O–H groups in total. The van der Waals surface area contributed by atoms with Crippen molar-refractivity contribution in [3.05, 3.63) is 143 Å². The molecule has 0 amide bonds. The van der Waals surface area contributed by atoms with E-state index in [9.17, 15) is 0 Å². The van der Waals surface area contributed by atoms with Crippen LogP contribution in [-0.4, -0.2) is 0 Å². The summed E-state index contributed by atoms with van der Waals surface area (Å²) in [5.74, 6) is 0. The van der Waals surface area contributed by atoms with E-state index in [1.807, 2.05) is 0 Å². The maximum absolute atomic E-state index is 2.54. The Morgan fingerprint density at radius 1 is 0.404 bits per heavy atom. The molecule has 0 atom stereocenters. The van der Waals surface area contributed by atoms with Crippen molar-refractivity contribution in [1.82, 2.24) is 0 Å². The maximum atomic E-state index is 2.54. The average Bonchev–Trinajstić information content (AvgIpc) is 3.07. The molecule has 0 nitrogen and oxygen atoms in total. The molecule has 0 saturated heterocycles. The number of rotatable bonds is 9. The van der Waals surface area contributed by atoms with E-state index in [0.717, 1.165) is 12.8 Å². The van der Waals surface area contributed by atoms with Gasteiger partial charge in [0.1, 0.15) is 0 Å². The highest BCUT2D eigenvalue weighted by Gasteiger charge is 2.33. The van der Waals surface area contributed by atoms with Crippen LogP contribution < -0.4 is 0 Å². The normalized spacial score (nSPS) is 12.7. The molecule has 244 valence electrons. The molecule has 0 aliphatic heterocycles. The van der Waals surface area contributed by atoms with Crippen LogP contribution in [-0.2, 0) is 21.7 Å². The fourth-order valence-corrected chi connectivity index (χ4v) is 7.05. The largest absolute Gasteiger partial charge is 0.0646 e. The van der Waals surface area contributed by atoms with Crippen LogP contribution >= 0.6 is 0 Å². The Morgan fingerprint density at radius 3 is 1.55 bits per heavy atom. The number of hydrogen-bond acceptors (Lipinski definition) is 0. The first kappa shape index (κ1) is 34.4. The van der Waals surface area contributed by atoms with Gasteiger partial charge >= 0.3 is 0 Å². The second-order valence-corrected chi connectivity index (χ2v) is 16.3. The predicted octanol–water partition coefficient (Wildman–Crippen LogP) is 13.7. The average molecular weight is 621 g/mol. The van der Waals surface area contributed by atoms with E-state index in [0.29, 0.717) is 0 Å². The van der Waals surface area contributed by atoms with Gasteiger partial charge in [-0.1, -0.05) is 191 Å². The van der Waals surface area contributed by atoms with Gasteiger partial charge < -0.3 is 0 Å². The molecule has 0 radical (unpaired) electrons. The van der Waals surface area contributed by atoms with Crippen LogP contribution in [0, 0.1) is 0 Å². The van der Waals surface area contributed by atoms with Crippen molar-refractivity contribution in [1.29, 1.82) is 0 Å². The fourth-order valence-electron chi connectivity index (χ4n) is 7.05. The van der Waals surface area contributed by atoms with E-state index < -0.39 is 0 Å². The summed E-state index contributed by atoms with van der Waals surface area (Å²) in [5, 5.41) is 0. The van der Waals surface area contributed by atoms with Gasteiger partial charge in [0.25, 0.3) is 0 Å². The lowest BCUT2D eigenvalue weighted by molar-refractivity contribution is 0.489. The van der Waals surface area contributed by atoms with Crippen LogP contribution in [0.15, 0.2) is 115 Å². The standard InChI is InChI=1S/C47H56/c1-12-45(6,7)35-28-29-38(41(32-35)46(8,9)13-2)43-40(44(3,4)5)31-30-37(42(43)33-22-16-14-17-23-33)36-26-20-21-27-39(36)47(10,11)34-24-18-15-19-25-34/h14-32H,12-13H2,1-11H3. The topological polar surface area (TPSA) is 0 Å². The summed E-state index contributed by atoms with van der Waals surface area (Å²) in [6.07, 6.45) is 2.17. The quantitative estimate of drug-likeness (QED) is 0.154. The molecule has 5 rings (SSSR count). The molecule has 0 spiro atoms. The highest BCUT2D eigenvalue weighted by atomic mass is 14.4. The smallest absolute Gasteiger partial charge is 0.0152 e. The van der Waals surface area contributed by atoms with E-state index in [2.05, 4.69) is 191 Å². The lowest BCUT2D eigenvalue weighted by Gasteiger charge is -2.35. The SMILES string of the molecule is CCC(C)(C)c1ccc(-c2c(C(C)(C)C)ccc(-c3ccccc3C(C)(C)c3ccccc3)c2-c2ccccc2)c(C(C)(C)CC)c1. The molecule has 0 unspecified atom stereocenters. The Bertz CT molecular complexity index is 1830. The Balaban J connectivity index is 1.96. The molecule has 0 heteroatoms. The van der Waals surface area contributed by atoms with Crippen molar-refractivity contribution >= 4 is 0 Å². The molecule has 5 aromatic carbocycles. The van der Waals surface area contributed by atoms with E-state index in [1.165, 1.54) is 61.2 Å². The summed E-state index contributed by atoms with van der Waals surface area (Å²) >= 11 is 0. The van der Waals surface area contributed by atoms with E-state index >= 15 is 0 Å². The minimum Gasteiger partial charge on any atom is -0.0646 e. The molecular weight excluding hydrogens is 565 g/mol. The van der Waals surface area contributed by atoms with Crippen molar-refractivity contribution in [3.63, 3.8) is 0 Å². The molecule has 0 aliphatic carbocycles. The number of benzene rings is 5. The van der Waals surface area contributed by atoms with Gasteiger partial charge in [-0.05, 0) is 90.3 Å². The van der Waals surface area contributed by atoms with Crippen molar-refractivity contribution in [2.45, 2.75) is 111 Å². The third-order valence-corrected chi connectivity index (χ3v) is 11.0. The van der Waals surface area contributed by atoms with E-state index in [-0.39, 0.29) is 21.7 Å². The fraction of sp³-hybridized carbons (Fsp3) is 0.362. The third kappa shape index (κ3) is 6.62. The molecule has 0 heterocycles. The van der Waals surface area contributed by atoms with Crippen molar-refractivity contribution in [3.8, 4) is 33.4 Å². The van der Waals surface area contributed by atoms with Crippen LogP contribution in [0.3, 0.4) is 0 Å². The van der Waals surface area contributed by atoms with Crippen molar-refractivity contribution in [2.75, 3.05) is 0 Å². The molecule has 0 aromatic heterocycles. The number of hydrogen-bond donors (Lipinski definition) is 0. The highest BCUT2D eigenvalue weighted by molar-refractivity contribution is 5.98. The zero-order chi connectivity index (χ0) is 34.2. The minimum atomic E-state index is -0.183. The van der Waals surface area contributed by atoms with Gasteiger partial charge in [0.15, 0.2) is 0 Å². The summed E-state index contributed by atoms with van der Waals surface area (Å²) in [4.78, 5) is 0. The molecule has 47 heavy (non-hydrogen) atoms. The molecule has 0 saturated carbocycles. The summed E-state index contributed by atoms with van der Waals surface area (Å²) in [5.41, 5.74) is 14.7. The summed E-state index contributed by atoms with van der Waals surface area (Å²) < 4.78 is 0. The van der Waals surface area contributed by atoms with Gasteiger partial charge in [0.2, 0.25) is 0 Å². The molecule has 0 fully saturated rings. The Morgan fingerprint density at radius 2 is 0.957 bits per heavy atom. The summed E-state index contributed by atoms with van der Waals surface area (Å²) in [6, 6.07) is 43.4. The van der Waals surface area contributed by atoms with Gasteiger partial charge in [-0.15, -0.1) is 0 Å². The van der Waals surface area contributed by atoms with Crippen LogP contribution in [0.1, 0.15) is 117 Å². The predicted molar refractivity (Wildman–Crippen MR) is 207 cm³/mol. The Kier molecular flexibility index (Phi) is 9.49. The van der Waals surface area contributed by atoms with Gasteiger partial charge in [-0.2, -0.15) is 0 Å². The second kappa shape index (κ2) is 13.0. The van der Waals surface area contributed by atoms with Crippen molar-refractivity contribution < 1.29 is 0 Å².